The quantitative estimate of drug-likeness (QED) is 0.343. The molecule has 1 aromatic rings. The van der Waals surface area contributed by atoms with Crippen molar-refractivity contribution >= 4 is 16.3 Å². The first-order valence-electron chi connectivity index (χ1n) is 5.03. The average Bonchev–Trinajstić information content (AvgIpc) is 2.18. The molecule has 0 amide bonds. The van der Waals surface area contributed by atoms with Crippen LogP contribution in [0.2, 0.25) is 0 Å². The molecule has 0 fully saturated rings. The Morgan fingerprint density at radius 3 is 1.79 bits per heavy atom. The molecular formula is C11H14F3NO3S. The topological polar surface area (TPSA) is 60.2 Å². The van der Waals surface area contributed by atoms with E-state index < -0.39 is 15.6 Å². The zero-order valence-electron chi connectivity index (χ0n) is 10.6. The number of alkyl halides is 3. The molecule has 108 valence electrons. The van der Waals surface area contributed by atoms with E-state index in [2.05, 4.69) is 37.4 Å². The van der Waals surface area contributed by atoms with Gasteiger partial charge >= 0.3 is 5.51 Å². The SMILES string of the molecule is Cc1ccc(C=[N+](C)C)cc1.O=S(=O)([O-])C(F)(F)F. The fourth-order valence-corrected chi connectivity index (χ4v) is 0.951. The van der Waals surface area contributed by atoms with Gasteiger partial charge in [-0.3, -0.25) is 0 Å². The predicted molar refractivity (Wildman–Crippen MR) is 64.2 cm³/mol. The van der Waals surface area contributed by atoms with Gasteiger partial charge in [-0.25, -0.2) is 13.0 Å². The Morgan fingerprint density at radius 2 is 1.53 bits per heavy atom. The van der Waals surface area contributed by atoms with Crippen LogP contribution in [0.4, 0.5) is 13.2 Å². The van der Waals surface area contributed by atoms with Gasteiger partial charge in [-0.15, -0.1) is 0 Å². The molecule has 0 aliphatic rings. The van der Waals surface area contributed by atoms with Crippen molar-refractivity contribution in [2.75, 3.05) is 14.1 Å². The van der Waals surface area contributed by atoms with Gasteiger partial charge < -0.3 is 4.55 Å². The lowest BCUT2D eigenvalue weighted by Gasteiger charge is -2.08. The van der Waals surface area contributed by atoms with Crippen molar-refractivity contribution in [1.82, 2.24) is 0 Å². The maximum atomic E-state index is 10.7. The van der Waals surface area contributed by atoms with Gasteiger partial charge in [-0.05, 0) is 19.1 Å². The first-order chi connectivity index (χ1) is 8.43. The molecule has 0 aliphatic heterocycles. The van der Waals surface area contributed by atoms with E-state index in [-0.39, 0.29) is 0 Å². The maximum Gasteiger partial charge on any atom is 0.485 e. The Balaban J connectivity index is 0.000000362. The van der Waals surface area contributed by atoms with Crippen molar-refractivity contribution in [1.29, 1.82) is 0 Å². The molecule has 0 N–H and O–H groups in total. The fourth-order valence-electron chi connectivity index (χ4n) is 0.951. The highest BCUT2D eigenvalue weighted by Gasteiger charge is 2.36. The minimum atomic E-state index is -6.09. The van der Waals surface area contributed by atoms with Gasteiger partial charge in [-0.2, -0.15) is 13.2 Å². The summed E-state index contributed by atoms with van der Waals surface area (Å²) in [5.41, 5.74) is -3.09. The van der Waals surface area contributed by atoms with Crippen LogP contribution in [-0.2, 0) is 10.1 Å². The molecular weight excluding hydrogens is 283 g/mol. The summed E-state index contributed by atoms with van der Waals surface area (Å²) in [5.74, 6) is 0. The van der Waals surface area contributed by atoms with E-state index in [4.69, 9.17) is 13.0 Å². The second-order valence-corrected chi connectivity index (χ2v) is 5.27. The number of halogens is 3. The molecule has 0 saturated carbocycles. The molecule has 0 atom stereocenters. The Morgan fingerprint density at radius 1 is 1.16 bits per heavy atom. The molecule has 8 heteroatoms. The van der Waals surface area contributed by atoms with E-state index in [1.807, 2.05) is 18.7 Å². The van der Waals surface area contributed by atoms with E-state index in [1.54, 1.807) is 0 Å². The molecule has 0 aliphatic carbocycles. The number of hydrogen-bond acceptors (Lipinski definition) is 3. The van der Waals surface area contributed by atoms with Gasteiger partial charge in [0.1, 0.15) is 14.1 Å². The first kappa shape index (κ1) is 17.6. The zero-order valence-corrected chi connectivity index (χ0v) is 11.4. The lowest BCUT2D eigenvalue weighted by molar-refractivity contribution is -0.458. The van der Waals surface area contributed by atoms with Crippen LogP contribution in [-0.4, -0.2) is 43.4 Å². The average molecular weight is 297 g/mol. The van der Waals surface area contributed by atoms with Crippen molar-refractivity contribution in [3.8, 4) is 0 Å². The summed E-state index contributed by atoms with van der Waals surface area (Å²) in [6.07, 6.45) is 2.10. The molecule has 0 bridgehead atoms. The summed E-state index contributed by atoms with van der Waals surface area (Å²) < 4.78 is 60.9. The Hall–Kier alpha value is -1.41. The van der Waals surface area contributed by atoms with E-state index in [0.29, 0.717) is 0 Å². The third-order valence-electron chi connectivity index (χ3n) is 1.77. The van der Waals surface area contributed by atoms with Crippen molar-refractivity contribution in [3.05, 3.63) is 35.4 Å². The van der Waals surface area contributed by atoms with Gasteiger partial charge in [-0.1, -0.05) is 17.7 Å². The predicted octanol–water partition coefficient (Wildman–Crippen LogP) is 1.74. The number of rotatable bonds is 1. The summed E-state index contributed by atoms with van der Waals surface area (Å²) in [7, 11) is -2.04. The second kappa shape index (κ2) is 6.67. The first-order valence-corrected chi connectivity index (χ1v) is 6.44. The van der Waals surface area contributed by atoms with Crippen LogP contribution in [0.1, 0.15) is 11.1 Å². The van der Waals surface area contributed by atoms with Crippen LogP contribution in [0.5, 0.6) is 0 Å². The molecule has 0 heterocycles. The molecule has 1 rings (SSSR count). The van der Waals surface area contributed by atoms with Gasteiger partial charge in [0, 0.05) is 5.56 Å². The Kier molecular flexibility index (Phi) is 6.17. The Bertz CT molecular complexity index is 529. The van der Waals surface area contributed by atoms with Crippen LogP contribution in [0.25, 0.3) is 0 Å². The van der Waals surface area contributed by atoms with Gasteiger partial charge in [0.15, 0.2) is 16.3 Å². The zero-order chi connectivity index (χ0) is 15.3. The third-order valence-corrected chi connectivity index (χ3v) is 2.34. The summed E-state index contributed by atoms with van der Waals surface area (Å²) >= 11 is 0. The normalized spacial score (nSPS) is 11.3. The lowest BCUT2D eigenvalue weighted by atomic mass is 10.2. The molecule has 1 aromatic carbocycles. The smallest absolute Gasteiger partial charge is 0.485 e. The van der Waals surface area contributed by atoms with Crippen LogP contribution < -0.4 is 0 Å². The molecule has 0 radical (unpaired) electrons. The minimum Gasteiger partial charge on any atom is -0.741 e. The van der Waals surface area contributed by atoms with Gasteiger partial charge in [0.05, 0.1) is 0 Å². The van der Waals surface area contributed by atoms with Crippen molar-refractivity contribution in [2.24, 2.45) is 0 Å². The second-order valence-electron chi connectivity index (χ2n) is 3.90. The number of hydrogen-bond donors (Lipinski definition) is 0. The van der Waals surface area contributed by atoms with Crippen LogP contribution in [0, 0.1) is 6.92 Å². The maximum absolute atomic E-state index is 10.7. The van der Waals surface area contributed by atoms with Crippen LogP contribution in [0.15, 0.2) is 24.3 Å². The monoisotopic (exact) mass is 297 g/mol. The van der Waals surface area contributed by atoms with E-state index in [0.717, 1.165) is 0 Å². The third kappa shape index (κ3) is 7.58. The number of aryl methyl sites for hydroxylation is 1. The molecule has 0 unspecified atom stereocenters. The van der Waals surface area contributed by atoms with E-state index in [9.17, 15) is 13.2 Å². The minimum absolute atomic E-state index is 1.25. The van der Waals surface area contributed by atoms with E-state index >= 15 is 0 Å². The fraction of sp³-hybridized carbons (Fsp3) is 0.364. The molecule has 0 saturated heterocycles. The van der Waals surface area contributed by atoms with Crippen LogP contribution >= 0.6 is 0 Å². The summed E-state index contributed by atoms with van der Waals surface area (Å²) in [6, 6.07) is 8.48. The van der Waals surface area contributed by atoms with E-state index in [1.165, 1.54) is 11.1 Å². The Labute approximate surface area is 109 Å². The van der Waals surface area contributed by atoms with Gasteiger partial charge in [0.25, 0.3) is 0 Å². The molecule has 0 spiro atoms. The molecule has 4 nitrogen and oxygen atoms in total. The number of nitrogens with zero attached hydrogens (tertiary/aromatic N) is 1. The largest absolute Gasteiger partial charge is 0.741 e. The highest BCUT2D eigenvalue weighted by Crippen LogP contribution is 2.20. The van der Waals surface area contributed by atoms with Crippen molar-refractivity contribution in [3.63, 3.8) is 0 Å². The highest BCUT2D eigenvalue weighted by molar-refractivity contribution is 7.86. The standard InChI is InChI=1S/C10H14N.CHF3O3S/c1-9-4-6-10(7-5-9)8-11(2)3;2-1(3,4)8(5,6)7/h4-8H,1-3H3;(H,5,6,7)/q+1;/p-1. The number of benzene rings is 1. The summed E-state index contributed by atoms with van der Waals surface area (Å²) in [5, 5.41) is 0. The molecule has 0 aromatic heterocycles. The summed E-state index contributed by atoms with van der Waals surface area (Å²) in [6.45, 7) is 2.10. The van der Waals surface area contributed by atoms with Gasteiger partial charge in [0.2, 0.25) is 0 Å². The van der Waals surface area contributed by atoms with Crippen molar-refractivity contribution in [2.45, 2.75) is 12.4 Å². The van der Waals surface area contributed by atoms with Crippen LogP contribution in [0.3, 0.4) is 0 Å². The lowest BCUT2D eigenvalue weighted by Crippen LogP contribution is -2.21. The summed E-state index contributed by atoms with van der Waals surface area (Å²) in [4.78, 5) is 0. The van der Waals surface area contributed by atoms with Crippen molar-refractivity contribution < 1.29 is 30.7 Å². The molecule has 19 heavy (non-hydrogen) atoms. The highest BCUT2D eigenvalue weighted by atomic mass is 32.2.